The third-order valence-corrected chi connectivity index (χ3v) is 7.88. The number of nitrogens with zero attached hydrogens (tertiary/aromatic N) is 2. The zero-order chi connectivity index (χ0) is 27.9. The fourth-order valence-electron chi connectivity index (χ4n) is 3.90. The van der Waals surface area contributed by atoms with E-state index in [1.807, 2.05) is 30.3 Å². The number of hydrogen-bond donors (Lipinski definition) is 1. The second kappa shape index (κ2) is 13.3. The number of anilines is 1. The summed E-state index contributed by atoms with van der Waals surface area (Å²) >= 11 is 18.3. The maximum atomic E-state index is 13.9. The predicted molar refractivity (Wildman–Crippen MR) is 153 cm³/mol. The Kier molecular flexibility index (Phi) is 10.4. The van der Waals surface area contributed by atoms with Crippen molar-refractivity contribution in [2.24, 2.45) is 0 Å². The lowest BCUT2D eigenvalue weighted by atomic mass is 10.0. The zero-order valence-corrected chi connectivity index (χ0v) is 24.0. The summed E-state index contributed by atoms with van der Waals surface area (Å²) in [5.41, 5.74) is 1.75. The Bertz CT molecular complexity index is 1370. The van der Waals surface area contributed by atoms with Crippen molar-refractivity contribution in [1.29, 1.82) is 0 Å². The minimum absolute atomic E-state index is 0.00256. The highest BCUT2D eigenvalue weighted by molar-refractivity contribution is 7.92. The summed E-state index contributed by atoms with van der Waals surface area (Å²) in [6.45, 7) is 1.63. The van der Waals surface area contributed by atoms with Crippen LogP contribution in [-0.4, -0.2) is 50.5 Å². The largest absolute Gasteiger partial charge is 0.355 e. The minimum Gasteiger partial charge on any atom is -0.355 e. The molecule has 0 radical (unpaired) electrons. The Balaban J connectivity index is 2.05. The van der Waals surface area contributed by atoms with Crippen molar-refractivity contribution in [2.45, 2.75) is 25.9 Å². The number of sulfonamides is 1. The van der Waals surface area contributed by atoms with Crippen molar-refractivity contribution in [1.82, 2.24) is 10.2 Å². The maximum Gasteiger partial charge on any atom is 0.244 e. The quantitative estimate of drug-likeness (QED) is 0.330. The van der Waals surface area contributed by atoms with E-state index in [9.17, 15) is 18.0 Å². The number of rotatable bonds is 11. The number of amides is 2. The van der Waals surface area contributed by atoms with Gasteiger partial charge in [-0.05, 0) is 54.4 Å². The number of nitrogens with one attached hydrogen (secondary N) is 1. The lowest BCUT2D eigenvalue weighted by molar-refractivity contribution is -0.140. The van der Waals surface area contributed by atoms with Gasteiger partial charge in [0.15, 0.2) is 0 Å². The number of hydrogen-bond acceptors (Lipinski definition) is 4. The molecule has 0 saturated carbocycles. The molecular weight excluding hydrogens is 569 g/mol. The molecule has 3 aromatic rings. The molecule has 0 heterocycles. The van der Waals surface area contributed by atoms with Crippen molar-refractivity contribution >= 4 is 62.3 Å². The molecule has 0 aliphatic carbocycles. The molecule has 2 amide bonds. The second-order valence-electron chi connectivity index (χ2n) is 8.62. The SMILES string of the molecule is CCNC(=O)[C@@H](Cc1ccccc1)N(Cc1ccc(Cl)c(Cl)c1)C(=O)CN(c1ccc(Cl)cc1)S(C)(=O)=O. The van der Waals surface area contributed by atoms with Gasteiger partial charge in [-0.25, -0.2) is 8.42 Å². The van der Waals surface area contributed by atoms with Crippen molar-refractivity contribution in [2.75, 3.05) is 23.7 Å². The Morgan fingerprint density at radius 1 is 0.895 bits per heavy atom. The van der Waals surface area contributed by atoms with E-state index in [2.05, 4.69) is 5.32 Å². The number of carbonyl (C=O) groups excluding carboxylic acids is 2. The molecule has 0 saturated heterocycles. The van der Waals surface area contributed by atoms with Crippen molar-refractivity contribution in [3.8, 4) is 0 Å². The monoisotopic (exact) mass is 595 g/mol. The van der Waals surface area contributed by atoms with Crippen LogP contribution in [-0.2, 0) is 32.6 Å². The average molecular weight is 597 g/mol. The molecule has 3 aromatic carbocycles. The third-order valence-electron chi connectivity index (χ3n) is 5.75. The number of halogens is 3. The van der Waals surface area contributed by atoms with Gasteiger partial charge in [-0.3, -0.25) is 13.9 Å². The van der Waals surface area contributed by atoms with Crippen molar-refractivity contribution in [3.05, 3.63) is 99.0 Å². The van der Waals surface area contributed by atoms with Gasteiger partial charge in [0.05, 0.1) is 22.0 Å². The Hall–Kier alpha value is -2.78. The molecule has 7 nitrogen and oxygen atoms in total. The number of likely N-dealkylation sites (N-methyl/N-ethyl adjacent to an activating group) is 1. The molecule has 0 aliphatic rings. The summed E-state index contributed by atoms with van der Waals surface area (Å²) in [4.78, 5) is 28.6. The van der Waals surface area contributed by atoms with Crippen LogP contribution in [0.3, 0.4) is 0 Å². The third kappa shape index (κ3) is 8.11. The molecule has 202 valence electrons. The van der Waals surface area contributed by atoms with Crippen LogP contribution in [0.1, 0.15) is 18.1 Å². The van der Waals surface area contributed by atoms with E-state index in [0.717, 1.165) is 16.1 Å². The van der Waals surface area contributed by atoms with E-state index in [-0.39, 0.29) is 24.6 Å². The molecule has 0 aromatic heterocycles. The fourth-order valence-corrected chi connectivity index (χ4v) is 5.20. The first-order chi connectivity index (χ1) is 18.0. The van der Waals surface area contributed by atoms with Crippen LogP contribution < -0.4 is 9.62 Å². The van der Waals surface area contributed by atoms with Gasteiger partial charge >= 0.3 is 0 Å². The summed E-state index contributed by atoms with van der Waals surface area (Å²) in [6, 6.07) is 19.4. The highest BCUT2D eigenvalue weighted by atomic mass is 35.5. The molecule has 1 N–H and O–H groups in total. The van der Waals surface area contributed by atoms with Crippen molar-refractivity contribution in [3.63, 3.8) is 0 Å². The van der Waals surface area contributed by atoms with Gasteiger partial charge in [0.25, 0.3) is 0 Å². The molecular formula is C27H28Cl3N3O4S. The second-order valence-corrected chi connectivity index (χ2v) is 11.8. The van der Waals surface area contributed by atoms with E-state index in [1.54, 1.807) is 37.3 Å². The van der Waals surface area contributed by atoms with Crippen LogP contribution in [0.25, 0.3) is 0 Å². The Morgan fingerprint density at radius 3 is 2.13 bits per heavy atom. The fraction of sp³-hybridized carbons (Fsp3) is 0.259. The minimum atomic E-state index is -3.86. The van der Waals surface area contributed by atoms with Gasteiger partial charge in [0, 0.05) is 24.5 Å². The van der Waals surface area contributed by atoms with Gasteiger partial charge < -0.3 is 10.2 Å². The normalized spacial score (nSPS) is 12.0. The maximum absolute atomic E-state index is 13.9. The van der Waals surface area contributed by atoms with Crippen LogP contribution >= 0.6 is 34.8 Å². The summed E-state index contributed by atoms with van der Waals surface area (Å²) in [5, 5.41) is 3.88. The van der Waals surface area contributed by atoms with Crippen LogP contribution in [0, 0.1) is 0 Å². The summed E-state index contributed by atoms with van der Waals surface area (Å²) in [5.74, 6) is -0.925. The smallest absolute Gasteiger partial charge is 0.244 e. The summed E-state index contributed by atoms with van der Waals surface area (Å²) in [6.07, 6.45) is 1.24. The van der Waals surface area contributed by atoms with Crippen LogP contribution in [0.4, 0.5) is 5.69 Å². The lowest BCUT2D eigenvalue weighted by Gasteiger charge is -2.33. The van der Waals surface area contributed by atoms with Gasteiger partial charge in [0.2, 0.25) is 21.8 Å². The van der Waals surface area contributed by atoms with Gasteiger partial charge in [-0.1, -0.05) is 71.2 Å². The van der Waals surface area contributed by atoms with E-state index < -0.39 is 28.5 Å². The van der Waals surface area contributed by atoms with E-state index in [4.69, 9.17) is 34.8 Å². The van der Waals surface area contributed by atoms with E-state index in [1.165, 1.54) is 17.0 Å². The molecule has 1 atom stereocenters. The number of carbonyl (C=O) groups is 2. The average Bonchev–Trinajstić information content (AvgIpc) is 2.87. The molecule has 0 aliphatic heterocycles. The van der Waals surface area contributed by atoms with Gasteiger partial charge in [-0.2, -0.15) is 0 Å². The predicted octanol–water partition coefficient (Wildman–Crippen LogP) is 5.19. The topological polar surface area (TPSA) is 86.8 Å². The first-order valence-electron chi connectivity index (χ1n) is 11.8. The summed E-state index contributed by atoms with van der Waals surface area (Å²) < 4.78 is 26.4. The zero-order valence-electron chi connectivity index (χ0n) is 20.9. The molecule has 0 spiro atoms. The molecule has 0 fully saturated rings. The molecule has 0 unspecified atom stereocenters. The van der Waals surface area contributed by atoms with Gasteiger partial charge in [0.1, 0.15) is 12.6 Å². The van der Waals surface area contributed by atoms with E-state index >= 15 is 0 Å². The highest BCUT2D eigenvalue weighted by Crippen LogP contribution is 2.25. The lowest BCUT2D eigenvalue weighted by Crippen LogP contribution is -2.53. The number of benzene rings is 3. The highest BCUT2D eigenvalue weighted by Gasteiger charge is 2.33. The Morgan fingerprint density at radius 2 is 1.55 bits per heavy atom. The molecule has 11 heteroatoms. The first kappa shape index (κ1) is 29.8. The first-order valence-corrected chi connectivity index (χ1v) is 14.8. The standard InChI is InChI=1S/C27H28Cl3N3O4S/c1-3-31-27(35)25(16-19-7-5-4-6-8-19)32(17-20-9-14-23(29)24(30)15-20)26(34)18-33(38(2,36)37)22-12-10-21(28)11-13-22/h4-15,25H,3,16-18H2,1-2H3,(H,31,35)/t25-/m1/s1. The van der Waals surface area contributed by atoms with Crippen LogP contribution in [0.2, 0.25) is 15.1 Å². The van der Waals surface area contributed by atoms with Crippen LogP contribution in [0.15, 0.2) is 72.8 Å². The molecule has 38 heavy (non-hydrogen) atoms. The molecule has 0 bridgehead atoms. The molecule has 3 rings (SSSR count). The Labute approximate surface area is 238 Å². The van der Waals surface area contributed by atoms with Crippen LogP contribution in [0.5, 0.6) is 0 Å². The van der Waals surface area contributed by atoms with E-state index in [0.29, 0.717) is 27.2 Å². The van der Waals surface area contributed by atoms with Crippen molar-refractivity contribution < 1.29 is 18.0 Å². The summed E-state index contributed by atoms with van der Waals surface area (Å²) in [7, 11) is -3.86. The van der Waals surface area contributed by atoms with Gasteiger partial charge in [-0.15, -0.1) is 0 Å².